The molecule has 3 heterocycles. The van der Waals surface area contributed by atoms with Gasteiger partial charge in [0.2, 0.25) is 0 Å². The molecule has 0 saturated carbocycles. The van der Waals surface area contributed by atoms with Gasteiger partial charge in [0.1, 0.15) is 12.1 Å². The number of fused-ring (bicyclic) bond motifs is 1. The van der Waals surface area contributed by atoms with Crippen molar-refractivity contribution < 1.29 is 4.74 Å². The Labute approximate surface area is 96.6 Å². The van der Waals surface area contributed by atoms with Crippen LogP contribution in [-0.4, -0.2) is 31.8 Å². The van der Waals surface area contributed by atoms with Crippen molar-refractivity contribution in [3.63, 3.8) is 0 Å². The van der Waals surface area contributed by atoms with Gasteiger partial charge in [-0.15, -0.1) is 0 Å². The van der Waals surface area contributed by atoms with Crippen LogP contribution in [0.2, 0.25) is 0 Å². The third-order valence-electron chi connectivity index (χ3n) is 2.59. The van der Waals surface area contributed by atoms with Crippen LogP contribution in [0.25, 0.3) is 11.6 Å². The van der Waals surface area contributed by atoms with Crippen LogP contribution in [0.15, 0.2) is 6.33 Å². The van der Waals surface area contributed by atoms with Gasteiger partial charge in [0.15, 0.2) is 11.6 Å². The fraction of sp³-hybridized carbons (Fsp3) is 0.333. The summed E-state index contributed by atoms with van der Waals surface area (Å²) in [6.45, 7) is 1.13. The lowest BCUT2D eigenvalue weighted by atomic mass is 10.1. The van der Waals surface area contributed by atoms with E-state index in [1.807, 2.05) is 0 Å². The molecule has 88 valence electrons. The first-order valence-corrected chi connectivity index (χ1v) is 5.18. The standard InChI is InChI=1S/C9H11N7O/c10-15-7-5-3-17-2-1-6(5)13-9(14-7)8-11-4-12-16-8/h4H,1-3,10H2,(H,11,12,16)(H,13,14,15). The zero-order valence-corrected chi connectivity index (χ0v) is 8.97. The van der Waals surface area contributed by atoms with E-state index in [4.69, 9.17) is 10.6 Å². The Morgan fingerprint density at radius 3 is 3.12 bits per heavy atom. The zero-order chi connectivity index (χ0) is 11.7. The van der Waals surface area contributed by atoms with Crippen molar-refractivity contribution in [3.8, 4) is 11.6 Å². The van der Waals surface area contributed by atoms with Crippen LogP contribution in [0.4, 0.5) is 5.82 Å². The van der Waals surface area contributed by atoms with Crippen molar-refractivity contribution in [1.29, 1.82) is 0 Å². The van der Waals surface area contributed by atoms with Crippen LogP contribution >= 0.6 is 0 Å². The number of hydrogen-bond donors (Lipinski definition) is 3. The van der Waals surface area contributed by atoms with Gasteiger partial charge in [0, 0.05) is 12.0 Å². The first-order valence-electron chi connectivity index (χ1n) is 5.18. The minimum atomic E-state index is 0.478. The third-order valence-corrected chi connectivity index (χ3v) is 2.59. The van der Waals surface area contributed by atoms with E-state index in [9.17, 15) is 0 Å². The molecule has 0 amide bonds. The van der Waals surface area contributed by atoms with E-state index in [1.165, 1.54) is 6.33 Å². The third kappa shape index (κ3) is 1.73. The minimum absolute atomic E-state index is 0.478. The molecule has 4 N–H and O–H groups in total. The van der Waals surface area contributed by atoms with Crippen LogP contribution in [0.3, 0.4) is 0 Å². The summed E-state index contributed by atoms with van der Waals surface area (Å²) in [6.07, 6.45) is 2.16. The Bertz CT molecular complexity index is 507. The van der Waals surface area contributed by atoms with Gasteiger partial charge in [0.25, 0.3) is 0 Å². The Morgan fingerprint density at radius 2 is 2.35 bits per heavy atom. The highest BCUT2D eigenvalue weighted by molar-refractivity contribution is 5.53. The number of nitrogen functional groups attached to an aromatic ring is 1. The van der Waals surface area contributed by atoms with Gasteiger partial charge in [-0.1, -0.05) is 0 Å². The molecule has 0 spiro atoms. The molecule has 1 aliphatic heterocycles. The summed E-state index contributed by atoms with van der Waals surface area (Å²) in [7, 11) is 0. The molecule has 8 heteroatoms. The molecule has 0 saturated heterocycles. The number of nitrogens with zero attached hydrogens (tertiary/aromatic N) is 4. The van der Waals surface area contributed by atoms with Crippen LogP contribution in [0.1, 0.15) is 11.3 Å². The van der Waals surface area contributed by atoms with Gasteiger partial charge in [-0.05, 0) is 0 Å². The predicted octanol–water partition coefficient (Wildman–Crippen LogP) is -0.380. The van der Waals surface area contributed by atoms with E-state index in [0.29, 0.717) is 30.7 Å². The van der Waals surface area contributed by atoms with Gasteiger partial charge >= 0.3 is 0 Å². The molecule has 0 bridgehead atoms. The number of aromatic nitrogens is 5. The monoisotopic (exact) mass is 233 g/mol. The molecule has 3 rings (SSSR count). The molecule has 0 aromatic carbocycles. The van der Waals surface area contributed by atoms with E-state index in [-0.39, 0.29) is 0 Å². The summed E-state index contributed by atoms with van der Waals surface area (Å²) in [5.74, 6) is 7.03. The van der Waals surface area contributed by atoms with Crippen LogP contribution in [0, 0.1) is 0 Å². The number of nitrogens with one attached hydrogen (secondary N) is 2. The SMILES string of the molecule is NNc1nc(-c2ncn[nH]2)nc2c1COCC2. The van der Waals surface area contributed by atoms with Crippen molar-refractivity contribution in [2.24, 2.45) is 5.84 Å². The topological polar surface area (TPSA) is 115 Å². The van der Waals surface area contributed by atoms with Crippen molar-refractivity contribution in [2.75, 3.05) is 12.0 Å². The van der Waals surface area contributed by atoms with E-state index in [1.54, 1.807) is 0 Å². The van der Waals surface area contributed by atoms with Gasteiger partial charge < -0.3 is 10.2 Å². The number of anilines is 1. The number of rotatable bonds is 2. The number of hydrogen-bond acceptors (Lipinski definition) is 7. The maximum Gasteiger partial charge on any atom is 0.199 e. The molecule has 0 unspecified atom stereocenters. The molecule has 0 radical (unpaired) electrons. The minimum Gasteiger partial charge on any atom is -0.376 e. The van der Waals surface area contributed by atoms with Crippen LogP contribution in [-0.2, 0) is 17.8 Å². The van der Waals surface area contributed by atoms with Crippen LogP contribution < -0.4 is 11.3 Å². The molecule has 2 aromatic rings. The van der Waals surface area contributed by atoms with E-state index >= 15 is 0 Å². The zero-order valence-electron chi connectivity index (χ0n) is 8.97. The quantitative estimate of drug-likeness (QED) is 0.478. The predicted molar refractivity (Wildman–Crippen MR) is 58.6 cm³/mol. The summed E-state index contributed by atoms with van der Waals surface area (Å²) in [5, 5.41) is 6.50. The number of ether oxygens (including phenoxy) is 1. The van der Waals surface area contributed by atoms with Gasteiger partial charge in [0.05, 0.1) is 18.9 Å². The average Bonchev–Trinajstić information content (AvgIpc) is 2.91. The normalized spacial score (nSPS) is 14.4. The highest BCUT2D eigenvalue weighted by Gasteiger charge is 2.19. The summed E-state index contributed by atoms with van der Waals surface area (Å²) >= 11 is 0. The Hall–Kier alpha value is -2.06. The number of H-pyrrole nitrogens is 1. The molecule has 0 aliphatic carbocycles. The Balaban J connectivity index is 2.12. The van der Waals surface area contributed by atoms with Crippen LogP contribution in [0.5, 0.6) is 0 Å². The Morgan fingerprint density at radius 1 is 1.41 bits per heavy atom. The molecular formula is C9H11N7O. The lowest BCUT2D eigenvalue weighted by molar-refractivity contribution is 0.109. The Kier molecular flexibility index (Phi) is 2.42. The second kappa shape index (κ2) is 4.07. The summed E-state index contributed by atoms with van der Waals surface area (Å²) in [5.41, 5.74) is 4.40. The smallest absolute Gasteiger partial charge is 0.199 e. The summed E-state index contributed by atoms with van der Waals surface area (Å²) in [6, 6.07) is 0. The van der Waals surface area contributed by atoms with Gasteiger partial charge in [-0.3, -0.25) is 5.10 Å². The number of aromatic amines is 1. The second-order valence-corrected chi connectivity index (χ2v) is 3.60. The lowest BCUT2D eigenvalue weighted by Crippen LogP contribution is -2.19. The average molecular weight is 233 g/mol. The first-order chi connectivity index (χ1) is 8.38. The highest BCUT2D eigenvalue weighted by atomic mass is 16.5. The highest BCUT2D eigenvalue weighted by Crippen LogP contribution is 2.23. The molecule has 0 fully saturated rings. The largest absolute Gasteiger partial charge is 0.376 e. The second-order valence-electron chi connectivity index (χ2n) is 3.60. The molecular weight excluding hydrogens is 222 g/mol. The van der Waals surface area contributed by atoms with E-state index in [0.717, 1.165) is 17.7 Å². The summed E-state index contributed by atoms with van der Waals surface area (Å²) < 4.78 is 5.36. The maximum atomic E-state index is 5.45. The summed E-state index contributed by atoms with van der Waals surface area (Å²) in [4.78, 5) is 12.7. The van der Waals surface area contributed by atoms with Gasteiger partial charge in [-0.25, -0.2) is 20.8 Å². The number of nitrogens with two attached hydrogens (primary N) is 1. The molecule has 1 aliphatic rings. The van der Waals surface area contributed by atoms with E-state index < -0.39 is 0 Å². The fourth-order valence-corrected chi connectivity index (χ4v) is 1.77. The van der Waals surface area contributed by atoms with Crippen molar-refractivity contribution >= 4 is 5.82 Å². The van der Waals surface area contributed by atoms with Crippen molar-refractivity contribution in [1.82, 2.24) is 25.1 Å². The first kappa shape index (κ1) is 10.1. The number of hydrazine groups is 1. The van der Waals surface area contributed by atoms with Gasteiger partial charge in [-0.2, -0.15) is 5.10 Å². The fourth-order valence-electron chi connectivity index (χ4n) is 1.77. The molecule has 2 aromatic heterocycles. The molecule has 0 atom stereocenters. The van der Waals surface area contributed by atoms with Crippen molar-refractivity contribution in [2.45, 2.75) is 13.0 Å². The molecule has 17 heavy (non-hydrogen) atoms. The van der Waals surface area contributed by atoms with E-state index in [2.05, 4.69) is 30.6 Å². The molecule has 8 nitrogen and oxygen atoms in total. The lowest BCUT2D eigenvalue weighted by Gasteiger charge is -2.18. The van der Waals surface area contributed by atoms with Crippen molar-refractivity contribution in [3.05, 3.63) is 17.6 Å². The maximum absolute atomic E-state index is 5.45.